The number of rotatable bonds is 4. The molecule has 1 aliphatic carbocycles. The Bertz CT molecular complexity index is 668. The number of halogens is 1. The maximum atomic E-state index is 12.2. The summed E-state index contributed by atoms with van der Waals surface area (Å²) in [4.78, 5) is 16.4. The van der Waals surface area contributed by atoms with Crippen LogP contribution in [0.4, 0.5) is 11.4 Å². The maximum absolute atomic E-state index is 12.2. The SMILES string of the molecule is O=C(NC1CCCC1)c1cc(Nc2ccccc2Cl)ccn1. The Kier molecular flexibility index (Phi) is 4.59. The Morgan fingerprint density at radius 2 is 1.95 bits per heavy atom. The van der Waals surface area contributed by atoms with Crippen molar-refractivity contribution in [2.24, 2.45) is 0 Å². The van der Waals surface area contributed by atoms with E-state index in [9.17, 15) is 4.79 Å². The molecule has 0 aliphatic heterocycles. The normalized spacial score (nSPS) is 14.8. The highest BCUT2D eigenvalue weighted by molar-refractivity contribution is 6.33. The summed E-state index contributed by atoms with van der Waals surface area (Å²) in [6.07, 6.45) is 6.12. The minimum atomic E-state index is -0.116. The molecule has 0 atom stereocenters. The van der Waals surface area contributed by atoms with Crippen molar-refractivity contribution in [2.45, 2.75) is 31.7 Å². The molecular formula is C17H18ClN3O. The van der Waals surface area contributed by atoms with Gasteiger partial charge in [-0.3, -0.25) is 9.78 Å². The van der Waals surface area contributed by atoms with Crippen LogP contribution in [-0.2, 0) is 0 Å². The number of pyridine rings is 1. The Hall–Kier alpha value is -2.07. The van der Waals surface area contributed by atoms with Gasteiger partial charge >= 0.3 is 0 Å². The van der Waals surface area contributed by atoms with E-state index in [0.29, 0.717) is 10.7 Å². The number of carbonyl (C=O) groups is 1. The summed E-state index contributed by atoms with van der Waals surface area (Å²) in [5, 5.41) is 6.89. The number of nitrogens with one attached hydrogen (secondary N) is 2. The second-order valence-electron chi connectivity index (χ2n) is 5.49. The zero-order valence-corrected chi connectivity index (χ0v) is 12.9. The van der Waals surface area contributed by atoms with Gasteiger partial charge in [-0.15, -0.1) is 0 Å². The monoisotopic (exact) mass is 315 g/mol. The first kappa shape index (κ1) is 14.9. The van der Waals surface area contributed by atoms with E-state index in [0.717, 1.165) is 24.2 Å². The fourth-order valence-corrected chi connectivity index (χ4v) is 2.86. The molecule has 22 heavy (non-hydrogen) atoms. The summed E-state index contributed by atoms with van der Waals surface area (Å²) in [6.45, 7) is 0. The fourth-order valence-electron chi connectivity index (χ4n) is 2.68. The topological polar surface area (TPSA) is 54.0 Å². The molecule has 1 aromatic carbocycles. The molecule has 0 saturated heterocycles. The standard InChI is InChI=1S/C17H18ClN3O/c18-14-7-3-4-8-15(14)20-13-9-10-19-16(11-13)17(22)21-12-5-1-2-6-12/h3-4,7-12H,1-2,5-6H2,(H,19,20)(H,21,22). The van der Waals surface area contributed by atoms with Crippen molar-refractivity contribution in [1.82, 2.24) is 10.3 Å². The quantitative estimate of drug-likeness (QED) is 0.891. The third-order valence-corrected chi connectivity index (χ3v) is 4.17. The molecule has 1 amide bonds. The number of hydrogen-bond donors (Lipinski definition) is 2. The molecule has 1 aliphatic rings. The molecule has 1 aromatic heterocycles. The lowest BCUT2D eigenvalue weighted by molar-refractivity contribution is 0.0933. The number of amides is 1. The van der Waals surface area contributed by atoms with Crippen LogP contribution in [0.2, 0.25) is 5.02 Å². The summed E-state index contributed by atoms with van der Waals surface area (Å²) in [6, 6.07) is 11.3. The van der Waals surface area contributed by atoms with Crippen molar-refractivity contribution in [1.29, 1.82) is 0 Å². The summed E-state index contributed by atoms with van der Waals surface area (Å²) in [7, 11) is 0. The molecule has 2 aromatic rings. The smallest absolute Gasteiger partial charge is 0.270 e. The molecule has 0 radical (unpaired) electrons. The highest BCUT2D eigenvalue weighted by Gasteiger charge is 2.18. The lowest BCUT2D eigenvalue weighted by Gasteiger charge is -2.12. The van der Waals surface area contributed by atoms with Gasteiger partial charge < -0.3 is 10.6 Å². The van der Waals surface area contributed by atoms with Gasteiger partial charge in [0.05, 0.1) is 10.7 Å². The largest absolute Gasteiger partial charge is 0.354 e. The van der Waals surface area contributed by atoms with Crippen LogP contribution in [0.3, 0.4) is 0 Å². The van der Waals surface area contributed by atoms with E-state index in [-0.39, 0.29) is 11.9 Å². The highest BCUT2D eigenvalue weighted by atomic mass is 35.5. The summed E-state index contributed by atoms with van der Waals surface area (Å²) in [5.41, 5.74) is 2.01. The average Bonchev–Trinajstić information content (AvgIpc) is 3.03. The van der Waals surface area contributed by atoms with Gasteiger partial charge in [0.2, 0.25) is 0 Å². The van der Waals surface area contributed by atoms with E-state index in [1.54, 1.807) is 12.3 Å². The first-order chi connectivity index (χ1) is 10.7. The zero-order valence-electron chi connectivity index (χ0n) is 12.2. The van der Waals surface area contributed by atoms with E-state index in [1.807, 2.05) is 30.3 Å². The second-order valence-corrected chi connectivity index (χ2v) is 5.90. The third kappa shape index (κ3) is 3.57. The number of nitrogens with zero attached hydrogens (tertiary/aromatic N) is 1. The number of carbonyl (C=O) groups excluding carboxylic acids is 1. The molecule has 1 saturated carbocycles. The van der Waals surface area contributed by atoms with E-state index in [1.165, 1.54) is 12.8 Å². The highest BCUT2D eigenvalue weighted by Crippen LogP contribution is 2.25. The van der Waals surface area contributed by atoms with Gasteiger partial charge in [-0.1, -0.05) is 36.6 Å². The van der Waals surface area contributed by atoms with Gasteiger partial charge in [0.25, 0.3) is 5.91 Å². The van der Waals surface area contributed by atoms with Crippen molar-refractivity contribution < 1.29 is 4.79 Å². The van der Waals surface area contributed by atoms with Crippen LogP contribution in [-0.4, -0.2) is 16.9 Å². The number of benzene rings is 1. The van der Waals surface area contributed by atoms with Crippen LogP contribution in [0.15, 0.2) is 42.6 Å². The van der Waals surface area contributed by atoms with E-state index in [2.05, 4.69) is 15.6 Å². The molecule has 1 heterocycles. The Labute approximate surface area is 134 Å². The number of hydrogen-bond acceptors (Lipinski definition) is 3. The lowest BCUT2D eigenvalue weighted by Crippen LogP contribution is -2.33. The van der Waals surface area contributed by atoms with E-state index >= 15 is 0 Å². The number of para-hydroxylation sites is 1. The molecule has 114 valence electrons. The minimum absolute atomic E-state index is 0.116. The number of aromatic nitrogens is 1. The van der Waals surface area contributed by atoms with Gasteiger partial charge in [0, 0.05) is 17.9 Å². The van der Waals surface area contributed by atoms with Gasteiger partial charge in [-0.05, 0) is 37.1 Å². The first-order valence-corrected chi connectivity index (χ1v) is 7.88. The minimum Gasteiger partial charge on any atom is -0.354 e. The molecule has 4 nitrogen and oxygen atoms in total. The Balaban J connectivity index is 1.72. The maximum Gasteiger partial charge on any atom is 0.270 e. The second kappa shape index (κ2) is 6.79. The zero-order chi connectivity index (χ0) is 15.4. The summed E-state index contributed by atoms with van der Waals surface area (Å²) in [5.74, 6) is -0.116. The van der Waals surface area contributed by atoms with Gasteiger partial charge in [0.1, 0.15) is 5.69 Å². The molecule has 2 N–H and O–H groups in total. The van der Waals surface area contributed by atoms with Crippen molar-refractivity contribution in [3.63, 3.8) is 0 Å². The van der Waals surface area contributed by atoms with Crippen LogP contribution in [0.1, 0.15) is 36.2 Å². The Morgan fingerprint density at radius 3 is 2.73 bits per heavy atom. The van der Waals surface area contributed by atoms with E-state index < -0.39 is 0 Å². The van der Waals surface area contributed by atoms with Gasteiger partial charge in [0.15, 0.2) is 0 Å². The molecule has 5 heteroatoms. The van der Waals surface area contributed by atoms with Crippen LogP contribution in [0.5, 0.6) is 0 Å². The fraction of sp³-hybridized carbons (Fsp3) is 0.294. The Morgan fingerprint density at radius 1 is 1.18 bits per heavy atom. The summed E-state index contributed by atoms with van der Waals surface area (Å²) >= 11 is 6.13. The predicted molar refractivity (Wildman–Crippen MR) is 88.7 cm³/mol. The van der Waals surface area contributed by atoms with Crippen molar-refractivity contribution in [2.75, 3.05) is 5.32 Å². The average molecular weight is 316 g/mol. The van der Waals surface area contributed by atoms with Crippen LogP contribution in [0, 0.1) is 0 Å². The van der Waals surface area contributed by atoms with Crippen LogP contribution in [0.25, 0.3) is 0 Å². The third-order valence-electron chi connectivity index (χ3n) is 3.84. The van der Waals surface area contributed by atoms with Crippen LogP contribution >= 0.6 is 11.6 Å². The van der Waals surface area contributed by atoms with Crippen molar-refractivity contribution in [3.05, 3.63) is 53.3 Å². The van der Waals surface area contributed by atoms with Crippen molar-refractivity contribution >= 4 is 28.9 Å². The molecular weight excluding hydrogens is 298 g/mol. The van der Waals surface area contributed by atoms with Crippen LogP contribution < -0.4 is 10.6 Å². The number of anilines is 2. The predicted octanol–water partition coefficient (Wildman–Crippen LogP) is 4.15. The van der Waals surface area contributed by atoms with Gasteiger partial charge in [-0.25, -0.2) is 0 Å². The van der Waals surface area contributed by atoms with Gasteiger partial charge in [-0.2, -0.15) is 0 Å². The van der Waals surface area contributed by atoms with E-state index in [4.69, 9.17) is 11.6 Å². The summed E-state index contributed by atoms with van der Waals surface area (Å²) < 4.78 is 0. The molecule has 1 fully saturated rings. The van der Waals surface area contributed by atoms with Crippen molar-refractivity contribution in [3.8, 4) is 0 Å². The molecule has 3 rings (SSSR count). The lowest BCUT2D eigenvalue weighted by atomic mass is 10.2. The molecule has 0 spiro atoms. The molecule has 0 bridgehead atoms. The molecule has 0 unspecified atom stereocenters. The first-order valence-electron chi connectivity index (χ1n) is 7.51.